The van der Waals surface area contributed by atoms with Crippen molar-refractivity contribution in [2.24, 2.45) is 0 Å². The van der Waals surface area contributed by atoms with Gasteiger partial charge in [-0.25, -0.2) is 4.98 Å². The van der Waals surface area contributed by atoms with Gasteiger partial charge in [-0.2, -0.15) is 0 Å². The van der Waals surface area contributed by atoms with Gasteiger partial charge in [-0.05, 0) is 40.0 Å². The molecule has 0 bridgehead atoms. The van der Waals surface area contributed by atoms with Gasteiger partial charge in [-0.1, -0.05) is 12.1 Å². The van der Waals surface area contributed by atoms with Gasteiger partial charge >= 0.3 is 0 Å². The van der Waals surface area contributed by atoms with Crippen LogP contribution in [0, 0.1) is 0 Å². The standard InChI is InChI=1S/C12H13BrN2OS/c1-16-10-4-2-9(3-5-10)6-7-14-12-15-11(13)8-17-12/h2-5,8H,6-7H2,1H3,(H,14,15). The number of ether oxygens (including phenoxy) is 1. The number of halogens is 1. The van der Waals surface area contributed by atoms with Crippen molar-refractivity contribution in [3.05, 3.63) is 39.8 Å². The normalized spacial score (nSPS) is 10.2. The molecule has 90 valence electrons. The van der Waals surface area contributed by atoms with Gasteiger partial charge in [0.15, 0.2) is 5.13 Å². The number of nitrogens with one attached hydrogen (secondary N) is 1. The third kappa shape index (κ3) is 3.71. The summed E-state index contributed by atoms with van der Waals surface area (Å²) >= 11 is 4.93. The quantitative estimate of drug-likeness (QED) is 0.916. The zero-order valence-corrected chi connectivity index (χ0v) is 11.8. The molecule has 0 radical (unpaired) electrons. The number of nitrogens with zero attached hydrogens (tertiary/aromatic N) is 1. The van der Waals surface area contributed by atoms with Crippen molar-refractivity contribution in [1.82, 2.24) is 4.98 Å². The van der Waals surface area contributed by atoms with Crippen LogP contribution in [0.1, 0.15) is 5.56 Å². The van der Waals surface area contributed by atoms with Crippen LogP contribution >= 0.6 is 27.3 Å². The van der Waals surface area contributed by atoms with Gasteiger partial charge in [-0.15, -0.1) is 11.3 Å². The Bertz CT molecular complexity index is 470. The fraction of sp³-hybridized carbons (Fsp3) is 0.250. The first kappa shape index (κ1) is 12.4. The van der Waals surface area contributed by atoms with Gasteiger partial charge < -0.3 is 10.1 Å². The molecule has 0 aliphatic heterocycles. The largest absolute Gasteiger partial charge is 0.497 e. The van der Waals surface area contributed by atoms with Gasteiger partial charge in [0, 0.05) is 11.9 Å². The molecule has 3 nitrogen and oxygen atoms in total. The summed E-state index contributed by atoms with van der Waals surface area (Å²) in [5.74, 6) is 0.894. The van der Waals surface area contributed by atoms with E-state index in [0.29, 0.717) is 0 Å². The number of hydrogen-bond donors (Lipinski definition) is 1. The molecule has 0 aliphatic rings. The van der Waals surface area contributed by atoms with E-state index in [9.17, 15) is 0 Å². The minimum Gasteiger partial charge on any atom is -0.497 e. The van der Waals surface area contributed by atoms with Crippen molar-refractivity contribution in [2.45, 2.75) is 6.42 Å². The van der Waals surface area contributed by atoms with E-state index in [0.717, 1.165) is 28.4 Å². The lowest BCUT2D eigenvalue weighted by Crippen LogP contribution is -2.04. The fourth-order valence-electron chi connectivity index (χ4n) is 1.44. The molecule has 1 heterocycles. The summed E-state index contributed by atoms with van der Waals surface area (Å²) in [7, 11) is 1.68. The highest BCUT2D eigenvalue weighted by Crippen LogP contribution is 2.19. The maximum Gasteiger partial charge on any atom is 0.183 e. The molecule has 1 aromatic heterocycles. The maximum absolute atomic E-state index is 5.12. The van der Waals surface area contributed by atoms with E-state index in [2.05, 4.69) is 38.4 Å². The molecule has 2 aromatic rings. The van der Waals surface area contributed by atoms with Crippen molar-refractivity contribution >= 4 is 32.4 Å². The van der Waals surface area contributed by atoms with Crippen molar-refractivity contribution in [3.8, 4) is 5.75 Å². The number of aromatic nitrogens is 1. The van der Waals surface area contributed by atoms with Crippen LogP contribution in [0.5, 0.6) is 5.75 Å². The molecular formula is C12H13BrN2OS. The SMILES string of the molecule is COc1ccc(CCNc2nc(Br)cs2)cc1. The van der Waals surface area contributed by atoms with Crippen molar-refractivity contribution in [2.75, 3.05) is 19.0 Å². The Morgan fingerprint density at radius 1 is 1.35 bits per heavy atom. The number of hydrogen-bond acceptors (Lipinski definition) is 4. The van der Waals surface area contributed by atoms with Crippen LogP contribution in [0.25, 0.3) is 0 Å². The molecular weight excluding hydrogens is 300 g/mol. The zero-order chi connectivity index (χ0) is 12.1. The van der Waals surface area contributed by atoms with E-state index in [4.69, 9.17) is 4.74 Å². The Morgan fingerprint density at radius 3 is 2.71 bits per heavy atom. The Balaban J connectivity index is 1.81. The predicted octanol–water partition coefficient (Wildman–Crippen LogP) is 3.57. The Kier molecular flexibility index (Phi) is 4.39. The summed E-state index contributed by atoms with van der Waals surface area (Å²) in [6.45, 7) is 0.881. The Morgan fingerprint density at radius 2 is 2.12 bits per heavy atom. The van der Waals surface area contributed by atoms with Crippen LogP contribution in [0.3, 0.4) is 0 Å². The van der Waals surface area contributed by atoms with Gasteiger partial charge in [-0.3, -0.25) is 0 Å². The first-order valence-corrected chi connectivity index (χ1v) is 6.93. The number of benzene rings is 1. The number of thiazole rings is 1. The smallest absolute Gasteiger partial charge is 0.183 e. The molecule has 0 amide bonds. The van der Waals surface area contributed by atoms with Crippen LogP contribution in [-0.2, 0) is 6.42 Å². The van der Waals surface area contributed by atoms with Gasteiger partial charge in [0.1, 0.15) is 10.4 Å². The van der Waals surface area contributed by atoms with Gasteiger partial charge in [0.25, 0.3) is 0 Å². The minimum atomic E-state index is 0.881. The van der Waals surface area contributed by atoms with E-state index < -0.39 is 0 Å². The molecule has 0 aliphatic carbocycles. The van der Waals surface area contributed by atoms with Crippen LogP contribution in [0.2, 0.25) is 0 Å². The molecule has 0 saturated carbocycles. The highest BCUT2D eigenvalue weighted by Gasteiger charge is 1.99. The Labute approximate surface area is 113 Å². The molecule has 0 unspecified atom stereocenters. The zero-order valence-electron chi connectivity index (χ0n) is 9.44. The van der Waals surface area contributed by atoms with E-state index in [1.54, 1.807) is 18.4 Å². The molecule has 0 spiro atoms. The fourth-order valence-corrected chi connectivity index (χ4v) is 2.61. The summed E-state index contributed by atoms with van der Waals surface area (Å²) in [4.78, 5) is 4.27. The Hall–Kier alpha value is -1.07. The minimum absolute atomic E-state index is 0.881. The van der Waals surface area contributed by atoms with Crippen molar-refractivity contribution in [3.63, 3.8) is 0 Å². The van der Waals surface area contributed by atoms with Crippen molar-refractivity contribution < 1.29 is 4.74 Å². The van der Waals surface area contributed by atoms with Gasteiger partial charge in [0.2, 0.25) is 0 Å². The average Bonchev–Trinajstić information content (AvgIpc) is 2.76. The molecule has 5 heteroatoms. The second kappa shape index (κ2) is 6.02. The van der Waals surface area contributed by atoms with E-state index >= 15 is 0 Å². The first-order valence-electron chi connectivity index (χ1n) is 5.26. The number of methoxy groups -OCH3 is 1. The average molecular weight is 313 g/mol. The monoisotopic (exact) mass is 312 g/mol. The lowest BCUT2D eigenvalue weighted by Gasteiger charge is -2.04. The van der Waals surface area contributed by atoms with Crippen LogP contribution in [0.15, 0.2) is 34.2 Å². The topological polar surface area (TPSA) is 34.1 Å². The molecule has 2 rings (SSSR count). The van der Waals surface area contributed by atoms with Crippen LogP contribution in [0.4, 0.5) is 5.13 Å². The lowest BCUT2D eigenvalue weighted by atomic mass is 10.1. The third-order valence-corrected chi connectivity index (χ3v) is 3.83. The second-order valence-corrected chi connectivity index (χ2v) is 5.17. The van der Waals surface area contributed by atoms with Gasteiger partial charge in [0.05, 0.1) is 7.11 Å². The molecule has 0 atom stereocenters. The first-order chi connectivity index (χ1) is 8.28. The van der Waals surface area contributed by atoms with E-state index in [1.807, 2.05) is 17.5 Å². The predicted molar refractivity (Wildman–Crippen MR) is 75.0 cm³/mol. The maximum atomic E-state index is 5.12. The summed E-state index contributed by atoms with van der Waals surface area (Å²) < 4.78 is 6.00. The number of anilines is 1. The summed E-state index contributed by atoms with van der Waals surface area (Å²) in [5, 5.41) is 6.21. The summed E-state index contributed by atoms with van der Waals surface area (Å²) in [6, 6.07) is 8.13. The molecule has 17 heavy (non-hydrogen) atoms. The van der Waals surface area contributed by atoms with Crippen molar-refractivity contribution in [1.29, 1.82) is 0 Å². The van der Waals surface area contributed by atoms with E-state index in [-0.39, 0.29) is 0 Å². The lowest BCUT2D eigenvalue weighted by molar-refractivity contribution is 0.414. The van der Waals surface area contributed by atoms with Crippen LogP contribution < -0.4 is 10.1 Å². The van der Waals surface area contributed by atoms with E-state index in [1.165, 1.54) is 5.56 Å². The molecule has 0 fully saturated rings. The molecule has 1 aromatic carbocycles. The highest BCUT2D eigenvalue weighted by molar-refractivity contribution is 9.10. The highest BCUT2D eigenvalue weighted by atomic mass is 79.9. The molecule has 1 N–H and O–H groups in total. The van der Waals surface area contributed by atoms with Crippen LogP contribution in [-0.4, -0.2) is 18.6 Å². The third-order valence-electron chi connectivity index (χ3n) is 2.33. The summed E-state index contributed by atoms with van der Waals surface area (Å²) in [5.41, 5.74) is 1.29. The summed E-state index contributed by atoms with van der Waals surface area (Å²) in [6.07, 6.45) is 0.973. The number of rotatable bonds is 5. The second-order valence-electron chi connectivity index (χ2n) is 3.50. The molecule has 0 saturated heterocycles.